The molecule has 1 saturated carbocycles. The van der Waals surface area contributed by atoms with Crippen molar-refractivity contribution in [1.82, 2.24) is 15.1 Å². The van der Waals surface area contributed by atoms with E-state index >= 15 is 0 Å². The Kier molecular flexibility index (Phi) is 5.53. The van der Waals surface area contributed by atoms with Gasteiger partial charge >= 0.3 is 0 Å². The summed E-state index contributed by atoms with van der Waals surface area (Å²) in [5.41, 5.74) is 0.891. The molecule has 0 aromatic carbocycles. The van der Waals surface area contributed by atoms with Gasteiger partial charge in [0.1, 0.15) is 18.0 Å². The molecule has 0 radical (unpaired) electrons. The van der Waals surface area contributed by atoms with Crippen molar-refractivity contribution in [2.24, 2.45) is 9.98 Å². The van der Waals surface area contributed by atoms with Crippen LogP contribution in [0.3, 0.4) is 0 Å². The van der Waals surface area contributed by atoms with Crippen LogP contribution in [0.25, 0.3) is 11.0 Å². The number of nitrogens with one attached hydrogen (secondary N) is 1. The number of rotatable bonds is 5. The first-order valence-electron chi connectivity index (χ1n) is 9.28. The van der Waals surface area contributed by atoms with Crippen molar-refractivity contribution < 1.29 is 9.21 Å². The summed E-state index contributed by atoms with van der Waals surface area (Å²) in [6.45, 7) is 5.69. The number of carbonyl (C=O) groups excluding carboxylic acids is 1. The number of hydrogen-bond donors (Lipinski definition) is 1. The number of furan rings is 1. The average Bonchev–Trinajstić information content (AvgIpc) is 3.39. The fourth-order valence-electron chi connectivity index (χ4n) is 2.80. The van der Waals surface area contributed by atoms with Crippen molar-refractivity contribution in [2.75, 3.05) is 7.05 Å². The molecule has 1 aliphatic carbocycles. The standard InChI is InChI=1S/C19H25N5O3/c1-5-8-21-19(20-4)22-15(25)10-24-18(26)13-9-14(12-6-7-12)27-17(13)16(23-24)11(2)3/h8-9,11-12H,5-7,10H2,1-4H3,(H,20,22,25)/b21-8-. The topological polar surface area (TPSA) is 102 Å². The van der Waals surface area contributed by atoms with Gasteiger partial charge in [0.05, 0.1) is 5.39 Å². The third kappa shape index (κ3) is 4.15. The molecule has 0 unspecified atom stereocenters. The predicted octanol–water partition coefficient (Wildman–Crippen LogP) is 2.57. The van der Waals surface area contributed by atoms with Crippen molar-refractivity contribution in [2.45, 2.75) is 58.4 Å². The number of fused-ring (bicyclic) bond motifs is 1. The Morgan fingerprint density at radius 1 is 1.48 bits per heavy atom. The van der Waals surface area contributed by atoms with Crippen LogP contribution in [0.4, 0.5) is 0 Å². The zero-order valence-corrected chi connectivity index (χ0v) is 16.2. The number of amides is 1. The van der Waals surface area contributed by atoms with Gasteiger partial charge in [0.15, 0.2) is 5.58 Å². The third-order valence-electron chi connectivity index (χ3n) is 4.36. The lowest BCUT2D eigenvalue weighted by Gasteiger charge is -2.10. The lowest BCUT2D eigenvalue weighted by molar-refractivity contribution is -0.120. The maximum atomic E-state index is 12.8. The molecule has 0 atom stereocenters. The number of aromatic nitrogens is 2. The zero-order valence-electron chi connectivity index (χ0n) is 16.2. The van der Waals surface area contributed by atoms with E-state index < -0.39 is 5.91 Å². The molecule has 1 aliphatic rings. The van der Waals surface area contributed by atoms with Crippen LogP contribution in [0.1, 0.15) is 63.3 Å². The lowest BCUT2D eigenvalue weighted by Crippen LogP contribution is -2.36. The van der Waals surface area contributed by atoms with Crippen LogP contribution in [0.15, 0.2) is 25.3 Å². The van der Waals surface area contributed by atoms with Crippen molar-refractivity contribution >= 4 is 29.1 Å². The molecule has 1 amide bonds. The smallest absolute Gasteiger partial charge is 0.278 e. The minimum atomic E-state index is -0.404. The molecule has 2 aromatic heterocycles. The van der Waals surface area contributed by atoms with Gasteiger partial charge in [0.25, 0.3) is 5.56 Å². The molecule has 0 aliphatic heterocycles. The highest BCUT2D eigenvalue weighted by Crippen LogP contribution is 2.42. The van der Waals surface area contributed by atoms with E-state index in [1.54, 1.807) is 13.3 Å². The van der Waals surface area contributed by atoms with Crippen molar-refractivity contribution in [3.05, 3.63) is 27.9 Å². The average molecular weight is 371 g/mol. The van der Waals surface area contributed by atoms with E-state index in [4.69, 9.17) is 4.42 Å². The highest BCUT2D eigenvalue weighted by molar-refractivity contribution is 5.99. The summed E-state index contributed by atoms with van der Waals surface area (Å²) in [7, 11) is 1.54. The first kappa shape index (κ1) is 19.0. The molecule has 144 valence electrons. The number of hydrogen-bond acceptors (Lipinski definition) is 5. The molecule has 8 nitrogen and oxygen atoms in total. The number of nitrogens with zero attached hydrogens (tertiary/aromatic N) is 4. The van der Waals surface area contributed by atoms with E-state index in [1.165, 1.54) is 4.68 Å². The lowest BCUT2D eigenvalue weighted by atomic mass is 10.1. The minimum Gasteiger partial charge on any atom is -0.459 e. The first-order chi connectivity index (χ1) is 12.9. The molecular formula is C19H25N5O3. The zero-order chi connectivity index (χ0) is 19.6. The Bertz CT molecular complexity index is 964. The number of aliphatic imine (C=N–C) groups is 2. The van der Waals surface area contributed by atoms with Gasteiger partial charge in [-0.2, -0.15) is 5.10 Å². The summed E-state index contributed by atoms with van der Waals surface area (Å²) < 4.78 is 7.13. The predicted molar refractivity (Wildman–Crippen MR) is 105 cm³/mol. The molecule has 0 saturated heterocycles. The number of guanidine groups is 1. The van der Waals surface area contributed by atoms with E-state index in [2.05, 4.69) is 20.4 Å². The normalized spacial score (nSPS) is 15.2. The highest BCUT2D eigenvalue weighted by Gasteiger charge is 2.29. The molecule has 1 fully saturated rings. The van der Waals surface area contributed by atoms with Crippen LogP contribution in [0.2, 0.25) is 0 Å². The van der Waals surface area contributed by atoms with Crippen molar-refractivity contribution in [3.63, 3.8) is 0 Å². The fourth-order valence-corrected chi connectivity index (χ4v) is 2.80. The van der Waals surface area contributed by atoms with Crippen molar-refractivity contribution in [1.29, 1.82) is 0 Å². The molecule has 8 heteroatoms. The Morgan fingerprint density at radius 3 is 2.81 bits per heavy atom. The minimum absolute atomic E-state index is 0.0579. The maximum absolute atomic E-state index is 12.8. The highest BCUT2D eigenvalue weighted by atomic mass is 16.3. The quantitative estimate of drug-likeness (QED) is 0.644. The van der Waals surface area contributed by atoms with Crippen LogP contribution in [-0.2, 0) is 11.3 Å². The largest absolute Gasteiger partial charge is 0.459 e. The van der Waals surface area contributed by atoms with Crippen LogP contribution >= 0.6 is 0 Å². The van der Waals surface area contributed by atoms with Crippen LogP contribution in [0.5, 0.6) is 0 Å². The fraction of sp³-hybridized carbons (Fsp3) is 0.526. The molecule has 0 bridgehead atoms. The Morgan fingerprint density at radius 2 is 2.22 bits per heavy atom. The van der Waals surface area contributed by atoms with E-state index in [0.717, 1.165) is 25.0 Å². The Balaban J connectivity index is 1.92. The van der Waals surface area contributed by atoms with Gasteiger partial charge in [-0.05, 0) is 25.3 Å². The van der Waals surface area contributed by atoms with E-state index in [-0.39, 0.29) is 24.0 Å². The monoisotopic (exact) mass is 371 g/mol. The molecule has 0 spiro atoms. The molecular weight excluding hydrogens is 346 g/mol. The van der Waals surface area contributed by atoms with E-state index in [9.17, 15) is 9.59 Å². The van der Waals surface area contributed by atoms with Crippen molar-refractivity contribution in [3.8, 4) is 0 Å². The summed E-state index contributed by atoms with van der Waals surface area (Å²) >= 11 is 0. The van der Waals surface area contributed by atoms with E-state index in [0.29, 0.717) is 22.6 Å². The second-order valence-electron chi connectivity index (χ2n) is 6.98. The second kappa shape index (κ2) is 7.85. The summed E-state index contributed by atoms with van der Waals surface area (Å²) in [6.07, 6.45) is 4.55. The summed E-state index contributed by atoms with van der Waals surface area (Å²) in [5.74, 6) is 1.09. The summed E-state index contributed by atoms with van der Waals surface area (Å²) in [4.78, 5) is 33.2. The Hall–Kier alpha value is -2.77. The first-order valence-corrected chi connectivity index (χ1v) is 9.28. The van der Waals surface area contributed by atoms with E-state index in [1.807, 2.05) is 26.8 Å². The second-order valence-corrected chi connectivity index (χ2v) is 6.98. The third-order valence-corrected chi connectivity index (χ3v) is 4.36. The molecule has 27 heavy (non-hydrogen) atoms. The van der Waals surface area contributed by atoms with Crippen LogP contribution in [0, 0.1) is 0 Å². The van der Waals surface area contributed by atoms with Gasteiger partial charge in [0.2, 0.25) is 11.9 Å². The molecule has 2 heterocycles. The van der Waals surface area contributed by atoms with Crippen LogP contribution < -0.4 is 10.9 Å². The Labute approximate surface area is 157 Å². The van der Waals surface area contributed by atoms with Crippen LogP contribution in [-0.4, -0.2) is 34.9 Å². The maximum Gasteiger partial charge on any atom is 0.278 e. The summed E-state index contributed by atoms with van der Waals surface area (Å²) in [5, 5.41) is 7.48. The number of carbonyl (C=O) groups is 1. The molecule has 2 aromatic rings. The summed E-state index contributed by atoms with van der Waals surface area (Å²) in [6, 6.07) is 1.81. The van der Waals surface area contributed by atoms with Gasteiger partial charge in [-0.3, -0.25) is 19.9 Å². The SMILES string of the molecule is CC/C=N\C(=NC)NC(=O)Cn1nc(C(C)C)c2oc(C3CC3)cc2c1=O. The van der Waals surface area contributed by atoms with Gasteiger partial charge in [0, 0.05) is 25.1 Å². The molecule has 1 N–H and O–H groups in total. The van der Waals surface area contributed by atoms with Gasteiger partial charge in [-0.1, -0.05) is 20.8 Å². The van der Waals surface area contributed by atoms with Gasteiger partial charge < -0.3 is 4.42 Å². The van der Waals surface area contributed by atoms with Gasteiger partial charge in [-0.15, -0.1) is 0 Å². The van der Waals surface area contributed by atoms with Gasteiger partial charge in [-0.25, -0.2) is 9.67 Å². The molecule has 3 rings (SSSR count).